The van der Waals surface area contributed by atoms with Crippen molar-refractivity contribution in [3.8, 4) is 0 Å². The molecular weight excluding hydrogens is 315 g/mol. The second-order valence-corrected chi connectivity index (χ2v) is 5.08. The van der Waals surface area contributed by atoms with Gasteiger partial charge >= 0.3 is 6.18 Å². The van der Waals surface area contributed by atoms with Gasteiger partial charge in [0.15, 0.2) is 0 Å². The topological polar surface area (TPSA) is 56.8 Å². The Bertz CT molecular complexity index is 498. The molecule has 1 heterocycles. The summed E-state index contributed by atoms with van der Waals surface area (Å²) >= 11 is 0. The summed E-state index contributed by atoms with van der Waals surface area (Å²) in [5.74, 6) is -0.276. The maximum absolute atomic E-state index is 12.0. The number of rotatable bonds is 6. The summed E-state index contributed by atoms with van der Waals surface area (Å²) in [6.45, 7) is 0.397. The van der Waals surface area contributed by atoms with Crippen LogP contribution in [0.5, 0.6) is 0 Å². The second-order valence-electron chi connectivity index (χ2n) is 5.08. The van der Waals surface area contributed by atoms with Gasteiger partial charge in [-0.25, -0.2) is 0 Å². The predicted octanol–water partition coefficient (Wildman–Crippen LogP) is 1.91. The van der Waals surface area contributed by atoms with Crippen LogP contribution in [-0.2, 0) is 20.8 Å². The molecule has 0 radical (unpaired) electrons. The van der Waals surface area contributed by atoms with E-state index in [-0.39, 0.29) is 18.6 Å². The molecule has 1 N–H and O–H groups in total. The highest BCUT2D eigenvalue weighted by Gasteiger charge is 2.27. The zero-order valence-corrected chi connectivity index (χ0v) is 12.4. The van der Waals surface area contributed by atoms with E-state index in [1.165, 1.54) is 0 Å². The van der Waals surface area contributed by atoms with Crippen molar-refractivity contribution in [1.82, 2.24) is 5.32 Å². The lowest BCUT2D eigenvalue weighted by molar-refractivity contribution is -0.176. The normalized spacial score (nSPS) is 18.7. The molecule has 23 heavy (non-hydrogen) atoms. The van der Waals surface area contributed by atoms with Crippen LogP contribution in [-0.4, -0.2) is 51.2 Å². The van der Waals surface area contributed by atoms with Crippen LogP contribution >= 0.6 is 0 Å². The lowest BCUT2D eigenvalue weighted by Gasteiger charge is -2.23. The lowest BCUT2D eigenvalue weighted by Crippen LogP contribution is -2.39. The number of ether oxygens (including phenoxy) is 3. The molecule has 1 aromatic rings. The van der Waals surface area contributed by atoms with Gasteiger partial charge in [0.05, 0.1) is 32.5 Å². The molecule has 0 aromatic heterocycles. The average Bonchev–Trinajstić information content (AvgIpc) is 2.53. The number of halogens is 3. The Hall–Kier alpha value is -1.64. The highest BCUT2D eigenvalue weighted by Crippen LogP contribution is 2.15. The van der Waals surface area contributed by atoms with Gasteiger partial charge in [-0.15, -0.1) is 0 Å². The van der Waals surface area contributed by atoms with Crippen molar-refractivity contribution in [3.05, 3.63) is 35.4 Å². The molecule has 1 amide bonds. The number of nitrogens with one attached hydrogen (secondary N) is 1. The minimum Gasteiger partial charge on any atom is -0.376 e. The molecule has 8 heteroatoms. The van der Waals surface area contributed by atoms with Crippen LogP contribution < -0.4 is 5.32 Å². The standard InChI is InChI=1S/C15H18F3NO4/c16-15(17,18)10-22-8-11-1-3-12(4-2-11)14(20)19-7-13-9-21-5-6-23-13/h1-4,13H,5-10H2,(H,19,20)/t13-/m0/s1. The smallest absolute Gasteiger partial charge is 0.376 e. The summed E-state index contributed by atoms with van der Waals surface area (Å²) in [6.07, 6.45) is -4.51. The highest BCUT2D eigenvalue weighted by molar-refractivity contribution is 5.94. The molecule has 1 aliphatic heterocycles. The van der Waals surface area contributed by atoms with Gasteiger partial charge in [0, 0.05) is 12.1 Å². The van der Waals surface area contributed by atoms with Gasteiger partial charge in [0.2, 0.25) is 0 Å². The van der Waals surface area contributed by atoms with Gasteiger partial charge in [0.25, 0.3) is 5.91 Å². The molecule has 128 valence electrons. The van der Waals surface area contributed by atoms with E-state index in [2.05, 4.69) is 10.1 Å². The Labute approximate surface area is 131 Å². The van der Waals surface area contributed by atoms with E-state index in [1.807, 2.05) is 0 Å². The van der Waals surface area contributed by atoms with Crippen LogP contribution in [0.3, 0.4) is 0 Å². The third-order valence-corrected chi connectivity index (χ3v) is 3.13. The van der Waals surface area contributed by atoms with Crippen LogP contribution in [0.2, 0.25) is 0 Å². The van der Waals surface area contributed by atoms with Gasteiger partial charge in [0.1, 0.15) is 6.61 Å². The summed E-state index contributed by atoms with van der Waals surface area (Å²) in [5.41, 5.74) is 0.983. The van der Waals surface area contributed by atoms with Crippen molar-refractivity contribution in [1.29, 1.82) is 0 Å². The number of carbonyl (C=O) groups excluding carboxylic acids is 1. The molecule has 0 aliphatic carbocycles. The Kier molecular flexibility index (Phi) is 6.37. The molecule has 1 saturated heterocycles. The fraction of sp³-hybridized carbons (Fsp3) is 0.533. The fourth-order valence-corrected chi connectivity index (χ4v) is 2.00. The van der Waals surface area contributed by atoms with E-state index in [0.29, 0.717) is 37.5 Å². The SMILES string of the molecule is O=C(NC[C@H]1COCCO1)c1ccc(COCC(F)(F)F)cc1. The van der Waals surface area contributed by atoms with E-state index in [4.69, 9.17) is 9.47 Å². The van der Waals surface area contributed by atoms with Crippen molar-refractivity contribution in [2.45, 2.75) is 18.9 Å². The van der Waals surface area contributed by atoms with Gasteiger partial charge in [-0.1, -0.05) is 12.1 Å². The third kappa shape index (κ3) is 6.55. The molecule has 0 saturated carbocycles. The van der Waals surface area contributed by atoms with E-state index in [0.717, 1.165) is 0 Å². The number of carbonyl (C=O) groups is 1. The van der Waals surface area contributed by atoms with Crippen LogP contribution in [0.4, 0.5) is 13.2 Å². The number of benzene rings is 1. The summed E-state index contributed by atoms with van der Waals surface area (Å²) in [4.78, 5) is 12.0. The Morgan fingerprint density at radius 3 is 2.61 bits per heavy atom. The fourth-order valence-electron chi connectivity index (χ4n) is 2.00. The first-order valence-corrected chi connectivity index (χ1v) is 7.15. The lowest BCUT2D eigenvalue weighted by atomic mass is 10.1. The second kappa shape index (κ2) is 8.28. The molecular formula is C15H18F3NO4. The van der Waals surface area contributed by atoms with Crippen molar-refractivity contribution >= 4 is 5.91 Å². The van der Waals surface area contributed by atoms with Gasteiger partial charge in [-0.05, 0) is 17.7 Å². The molecule has 0 bridgehead atoms. The molecule has 1 aliphatic rings. The first-order chi connectivity index (χ1) is 10.9. The minimum absolute atomic E-state index is 0.158. The average molecular weight is 333 g/mol. The zero-order chi connectivity index (χ0) is 16.7. The molecule has 0 spiro atoms. The van der Waals surface area contributed by atoms with E-state index in [9.17, 15) is 18.0 Å². The van der Waals surface area contributed by atoms with Crippen LogP contribution in [0.25, 0.3) is 0 Å². The summed E-state index contributed by atoms with van der Waals surface area (Å²) in [7, 11) is 0. The van der Waals surface area contributed by atoms with Crippen molar-refractivity contribution in [3.63, 3.8) is 0 Å². The number of alkyl halides is 3. The summed E-state index contributed by atoms with van der Waals surface area (Å²) < 4.78 is 51.1. The largest absolute Gasteiger partial charge is 0.411 e. The third-order valence-electron chi connectivity index (χ3n) is 3.13. The quantitative estimate of drug-likeness (QED) is 0.864. The molecule has 1 fully saturated rings. The summed E-state index contributed by atoms with van der Waals surface area (Å²) in [5, 5.41) is 2.73. The first kappa shape index (κ1) is 17.7. The monoisotopic (exact) mass is 333 g/mol. The number of hydrogen-bond acceptors (Lipinski definition) is 4. The van der Waals surface area contributed by atoms with E-state index in [1.54, 1.807) is 24.3 Å². The van der Waals surface area contributed by atoms with E-state index < -0.39 is 12.8 Å². The van der Waals surface area contributed by atoms with Crippen LogP contribution in [0, 0.1) is 0 Å². The predicted molar refractivity (Wildman–Crippen MR) is 75.0 cm³/mol. The highest BCUT2D eigenvalue weighted by atomic mass is 19.4. The van der Waals surface area contributed by atoms with Gasteiger partial charge in [-0.3, -0.25) is 4.79 Å². The maximum Gasteiger partial charge on any atom is 0.411 e. The van der Waals surface area contributed by atoms with Crippen LogP contribution in [0.15, 0.2) is 24.3 Å². The summed E-state index contributed by atoms with van der Waals surface area (Å²) in [6, 6.07) is 6.21. The molecule has 2 rings (SSSR count). The van der Waals surface area contributed by atoms with Gasteiger partial charge in [-0.2, -0.15) is 13.2 Å². The molecule has 5 nitrogen and oxygen atoms in total. The van der Waals surface area contributed by atoms with E-state index >= 15 is 0 Å². The molecule has 0 unspecified atom stereocenters. The minimum atomic E-state index is -4.34. The Balaban J connectivity index is 1.75. The number of amides is 1. The van der Waals surface area contributed by atoms with Crippen molar-refractivity contribution < 1.29 is 32.2 Å². The van der Waals surface area contributed by atoms with Crippen molar-refractivity contribution in [2.24, 2.45) is 0 Å². The first-order valence-electron chi connectivity index (χ1n) is 7.15. The molecule has 1 aromatic carbocycles. The zero-order valence-electron chi connectivity index (χ0n) is 12.4. The van der Waals surface area contributed by atoms with Crippen molar-refractivity contribution in [2.75, 3.05) is 33.0 Å². The Morgan fingerprint density at radius 2 is 2.00 bits per heavy atom. The molecule has 1 atom stereocenters. The van der Waals surface area contributed by atoms with Crippen LogP contribution in [0.1, 0.15) is 15.9 Å². The maximum atomic E-state index is 12.0. The number of hydrogen-bond donors (Lipinski definition) is 1. The van der Waals surface area contributed by atoms with Gasteiger partial charge < -0.3 is 19.5 Å². The Morgan fingerprint density at radius 1 is 1.26 bits per heavy atom.